The van der Waals surface area contributed by atoms with Gasteiger partial charge in [-0.2, -0.15) is 0 Å². The Balaban J connectivity index is 2.73. The number of nitrogens with two attached hydrogens (primary N) is 1. The van der Waals surface area contributed by atoms with Crippen LogP contribution in [0.2, 0.25) is 0 Å². The van der Waals surface area contributed by atoms with E-state index < -0.39 is 14.9 Å². The van der Waals surface area contributed by atoms with Crippen LogP contribution in [-0.4, -0.2) is 25.9 Å². The van der Waals surface area contributed by atoms with Gasteiger partial charge in [-0.25, -0.2) is 13.1 Å². The molecule has 0 bridgehead atoms. The third-order valence-corrected chi connectivity index (χ3v) is 4.30. The number of nitro benzene ring substituents is 1. The Labute approximate surface area is 124 Å². The quantitative estimate of drug-likeness (QED) is 0.555. The van der Waals surface area contributed by atoms with E-state index in [1.54, 1.807) is 0 Å². The van der Waals surface area contributed by atoms with Crippen molar-refractivity contribution in [2.24, 2.45) is 11.7 Å². The molecule has 0 amide bonds. The molecule has 0 aromatic heterocycles. The van der Waals surface area contributed by atoms with Crippen LogP contribution in [-0.2, 0) is 15.8 Å². The normalized spacial score (nSPS) is 13.3. The number of nitrogens with zero attached hydrogens (tertiary/aromatic N) is 1. The number of nitro groups is 1. The zero-order valence-corrected chi connectivity index (χ0v) is 13.0. The van der Waals surface area contributed by atoms with Gasteiger partial charge in [-0.3, -0.25) is 10.1 Å². The molecule has 8 heteroatoms. The highest BCUT2D eigenvalue weighted by molar-refractivity contribution is 7.88. The Morgan fingerprint density at radius 1 is 1.29 bits per heavy atom. The van der Waals surface area contributed by atoms with Gasteiger partial charge in [0.15, 0.2) is 0 Å². The largest absolute Gasteiger partial charge is 0.329 e. The van der Waals surface area contributed by atoms with Gasteiger partial charge in [0.25, 0.3) is 5.69 Å². The average Bonchev–Trinajstić information content (AvgIpc) is 2.37. The van der Waals surface area contributed by atoms with E-state index in [2.05, 4.69) is 4.72 Å². The third kappa shape index (κ3) is 6.19. The fourth-order valence-electron chi connectivity index (χ4n) is 1.99. The highest BCUT2D eigenvalue weighted by Gasteiger charge is 2.18. The standard InChI is InChI=1S/C13H21N3O4S/c1-10(2)7-12(8-14)15-21(19,20)9-11-3-5-13(6-4-11)16(17)18/h3-6,10,12,15H,7-9,14H2,1-2H3. The van der Waals surface area contributed by atoms with Gasteiger partial charge in [-0.1, -0.05) is 26.0 Å². The van der Waals surface area contributed by atoms with Crippen molar-refractivity contribution in [3.8, 4) is 0 Å². The molecule has 1 atom stereocenters. The molecule has 7 nitrogen and oxygen atoms in total. The van der Waals surface area contributed by atoms with Crippen LogP contribution in [0.15, 0.2) is 24.3 Å². The molecule has 0 saturated carbocycles. The molecular formula is C13H21N3O4S. The van der Waals surface area contributed by atoms with E-state index in [0.717, 1.165) is 0 Å². The van der Waals surface area contributed by atoms with Gasteiger partial charge < -0.3 is 5.73 Å². The lowest BCUT2D eigenvalue weighted by molar-refractivity contribution is -0.384. The summed E-state index contributed by atoms with van der Waals surface area (Å²) in [4.78, 5) is 10.0. The van der Waals surface area contributed by atoms with Crippen molar-refractivity contribution in [3.63, 3.8) is 0 Å². The molecular weight excluding hydrogens is 294 g/mol. The van der Waals surface area contributed by atoms with E-state index in [4.69, 9.17) is 5.73 Å². The Hall–Kier alpha value is -1.51. The van der Waals surface area contributed by atoms with Crippen LogP contribution in [0.5, 0.6) is 0 Å². The zero-order chi connectivity index (χ0) is 16.0. The van der Waals surface area contributed by atoms with E-state index in [9.17, 15) is 18.5 Å². The molecule has 0 radical (unpaired) electrons. The number of nitrogens with one attached hydrogen (secondary N) is 1. The zero-order valence-electron chi connectivity index (χ0n) is 12.2. The summed E-state index contributed by atoms with van der Waals surface area (Å²) in [5.74, 6) is 0.111. The van der Waals surface area contributed by atoms with E-state index in [-0.39, 0.29) is 24.0 Å². The first-order valence-corrected chi connectivity index (χ1v) is 8.32. The number of benzene rings is 1. The van der Waals surface area contributed by atoms with Crippen molar-refractivity contribution in [3.05, 3.63) is 39.9 Å². The second-order valence-corrected chi connectivity index (χ2v) is 7.12. The number of non-ortho nitro benzene ring substituents is 1. The van der Waals surface area contributed by atoms with E-state index in [1.165, 1.54) is 24.3 Å². The molecule has 1 rings (SSSR count). The minimum atomic E-state index is -3.52. The van der Waals surface area contributed by atoms with Gasteiger partial charge in [-0.05, 0) is 17.9 Å². The first-order chi connectivity index (χ1) is 9.73. The molecule has 0 aliphatic heterocycles. The lowest BCUT2D eigenvalue weighted by atomic mass is 10.1. The lowest BCUT2D eigenvalue weighted by Gasteiger charge is -2.18. The van der Waals surface area contributed by atoms with Crippen LogP contribution in [0.25, 0.3) is 0 Å². The Morgan fingerprint density at radius 2 is 1.86 bits per heavy atom. The van der Waals surface area contributed by atoms with Gasteiger partial charge in [0.05, 0.1) is 10.7 Å². The third-order valence-electron chi connectivity index (χ3n) is 2.89. The summed E-state index contributed by atoms with van der Waals surface area (Å²) in [6.07, 6.45) is 0.663. The van der Waals surface area contributed by atoms with Crippen LogP contribution in [0.4, 0.5) is 5.69 Å². The molecule has 118 valence electrons. The van der Waals surface area contributed by atoms with Gasteiger partial charge in [0, 0.05) is 24.7 Å². The van der Waals surface area contributed by atoms with E-state index in [1.807, 2.05) is 13.8 Å². The van der Waals surface area contributed by atoms with Gasteiger partial charge in [0.2, 0.25) is 10.0 Å². The predicted octanol–water partition coefficient (Wildman–Crippen LogP) is 1.39. The Morgan fingerprint density at radius 3 is 2.29 bits per heavy atom. The number of hydrogen-bond donors (Lipinski definition) is 2. The molecule has 1 aromatic carbocycles. The SMILES string of the molecule is CC(C)CC(CN)NS(=O)(=O)Cc1ccc([N+](=O)[O-])cc1. The smallest absolute Gasteiger partial charge is 0.269 e. The van der Waals surface area contributed by atoms with Crippen molar-refractivity contribution >= 4 is 15.7 Å². The lowest BCUT2D eigenvalue weighted by Crippen LogP contribution is -2.41. The highest BCUT2D eigenvalue weighted by Crippen LogP contribution is 2.14. The summed E-state index contributed by atoms with van der Waals surface area (Å²) in [5, 5.41) is 10.5. The van der Waals surface area contributed by atoms with Crippen LogP contribution in [0.1, 0.15) is 25.8 Å². The van der Waals surface area contributed by atoms with E-state index >= 15 is 0 Å². The fraction of sp³-hybridized carbons (Fsp3) is 0.538. The summed E-state index contributed by atoms with van der Waals surface area (Å²) in [5.41, 5.74) is 6.00. The molecule has 1 aromatic rings. The summed E-state index contributed by atoms with van der Waals surface area (Å²) in [6.45, 7) is 4.22. The number of hydrogen-bond acceptors (Lipinski definition) is 5. The second kappa shape index (κ2) is 7.48. The topological polar surface area (TPSA) is 115 Å². The summed E-state index contributed by atoms with van der Waals surface area (Å²) in [7, 11) is -3.52. The molecule has 0 saturated heterocycles. The van der Waals surface area contributed by atoms with Crippen molar-refractivity contribution < 1.29 is 13.3 Å². The van der Waals surface area contributed by atoms with E-state index in [0.29, 0.717) is 17.9 Å². The van der Waals surface area contributed by atoms with Crippen LogP contribution < -0.4 is 10.5 Å². The van der Waals surface area contributed by atoms with Crippen molar-refractivity contribution in [1.29, 1.82) is 0 Å². The molecule has 3 N–H and O–H groups in total. The van der Waals surface area contributed by atoms with Crippen LogP contribution >= 0.6 is 0 Å². The molecule has 0 fully saturated rings. The maximum Gasteiger partial charge on any atom is 0.269 e. The van der Waals surface area contributed by atoms with Gasteiger partial charge in [0.1, 0.15) is 0 Å². The summed E-state index contributed by atoms with van der Waals surface area (Å²) < 4.78 is 26.7. The maximum absolute atomic E-state index is 12.1. The average molecular weight is 315 g/mol. The Bertz CT molecular complexity index is 570. The predicted molar refractivity (Wildman–Crippen MR) is 81.2 cm³/mol. The van der Waals surface area contributed by atoms with Crippen molar-refractivity contribution in [2.45, 2.75) is 32.1 Å². The fourth-order valence-corrected chi connectivity index (χ4v) is 3.41. The van der Waals surface area contributed by atoms with Crippen LogP contribution in [0, 0.1) is 16.0 Å². The van der Waals surface area contributed by atoms with Gasteiger partial charge in [-0.15, -0.1) is 0 Å². The molecule has 0 aliphatic rings. The van der Waals surface area contributed by atoms with Crippen molar-refractivity contribution in [2.75, 3.05) is 6.54 Å². The molecule has 21 heavy (non-hydrogen) atoms. The maximum atomic E-state index is 12.1. The van der Waals surface area contributed by atoms with Crippen molar-refractivity contribution in [1.82, 2.24) is 4.72 Å². The molecule has 1 unspecified atom stereocenters. The number of sulfonamides is 1. The summed E-state index contributed by atoms with van der Waals surface area (Å²) in [6, 6.07) is 5.17. The minimum Gasteiger partial charge on any atom is -0.329 e. The highest BCUT2D eigenvalue weighted by atomic mass is 32.2. The minimum absolute atomic E-state index is 0.0660. The van der Waals surface area contributed by atoms with Crippen LogP contribution in [0.3, 0.4) is 0 Å². The monoisotopic (exact) mass is 315 g/mol. The second-order valence-electron chi connectivity index (χ2n) is 5.36. The summed E-state index contributed by atoms with van der Waals surface area (Å²) >= 11 is 0. The van der Waals surface area contributed by atoms with Gasteiger partial charge >= 0.3 is 0 Å². The number of rotatable bonds is 8. The molecule has 0 heterocycles. The first kappa shape index (κ1) is 17.5. The Kier molecular flexibility index (Phi) is 6.25. The molecule has 0 aliphatic carbocycles. The first-order valence-electron chi connectivity index (χ1n) is 6.67. The molecule has 0 spiro atoms.